The van der Waals surface area contributed by atoms with E-state index in [1.165, 1.54) is 25.9 Å². The van der Waals surface area contributed by atoms with E-state index in [1.54, 1.807) is 7.05 Å². The molecule has 2 aliphatic heterocycles. The highest BCUT2D eigenvalue weighted by Crippen LogP contribution is 2.35. The Balaban J connectivity index is 0.000000339. The van der Waals surface area contributed by atoms with Gasteiger partial charge in [0.25, 0.3) is 17.4 Å². The maximum Gasteiger partial charge on any atom is 0.431 e. The summed E-state index contributed by atoms with van der Waals surface area (Å²) in [5, 5.41) is 3.52. The molecule has 4 amide bonds. The summed E-state index contributed by atoms with van der Waals surface area (Å²) in [4.78, 5) is 79.3. The first-order valence-corrected chi connectivity index (χ1v) is 14.5. The number of hydrogen-bond acceptors (Lipinski definition) is 8. The number of rotatable bonds is 1. The second-order valence-electron chi connectivity index (χ2n) is 11.2. The lowest BCUT2D eigenvalue weighted by molar-refractivity contribution is -0.192. The number of imide groups is 2. The summed E-state index contributed by atoms with van der Waals surface area (Å²) in [6, 6.07) is 0.390. The van der Waals surface area contributed by atoms with E-state index >= 15 is 0 Å². The van der Waals surface area contributed by atoms with Crippen molar-refractivity contribution in [1.29, 1.82) is 0 Å². The Morgan fingerprint density at radius 2 is 1.18 bits per heavy atom. The number of amides is 4. The summed E-state index contributed by atoms with van der Waals surface area (Å²) in [7, 11) is 6.16. The average molecular weight is 748 g/mol. The number of likely N-dealkylation sites (tertiary alicyclic amines) is 1. The molecule has 2 aromatic rings. The van der Waals surface area contributed by atoms with Gasteiger partial charge in [-0.15, -0.1) is 0 Å². The number of hydrogen-bond donors (Lipinski definition) is 0. The molecule has 0 saturated carbocycles. The van der Waals surface area contributed by atoms with Gasteiger partial charge >= 0.3 is 30.3 Å². The van der Waals surface area contributed by atoms with Crippen LogP contribution >= 0.6 is 0 Å². The Morgan fingerprint density at radius 3 is 1.51 bits per heavy atom. The monoisotopic (exact) mass is 747 g/mol. The number of likely N-dealkylation sites (N-methyl/N-ethyl adjacent to an activating group) is 1. The average Bonchev–Trinajstić information content (AvgIpc) is 3.41. The smallest absolute Gasteiger partial charge is 0.292 e. The molecule has 0 spiro atoms. The molecule has 2 aromatic heterocycles. The van der Waals surface area contributed by atoms with Crippen LogP contribution in [-0.4, -0.2) is 77.2 Å². The van der Waals surface area contributed by atoms with Crippen molar-refractivity contribution in [3.63, 3.8) is 0 Å². The number of aryl methyl sites for hydroxylation is 2. The Bertz CT molecular complexity index is 1810. The molecule has 1 saturated heterocycles. The highest BCUT2D eigenvalue weighted by molar-refractivity contribution is 6.19. The van der Waals surface area contributed by atoms with E-state index in [-0.39, 0.29) is 25.1 Å². The molecule has 3 aliphatic rings. The molecule has 0 N–H and O–H groups in total. The van der Waals surface area contributed by atoms with Gasteiger partial charge in [0.15, 0.2) is 0 Å². The van der Waals surface area contributed by atoms with E-state index in [2.05, 4.69) is 5.10 Å². The zero-order valence-electron chi connectivity index (χ0n) is 27.5. The lowest BCUT2D eigenvalue weighted by atomic mass is 9.93. The quantitative estimate of drug-likeness (QED) is 0.319. The first-order valence-electron chi connectivity index (χ1n) is 14.5. The second kappa shape index (κ2) is 16.9. The topological polar surface area (TPSA) is 159 Å². The summed E-state index contributed by atoms with van der Waals surface area (Å²) >= 11 is 0. The van der Waals surface area contributed by atoms with Gasteiger partial charge in [-0.2, -0.15) is 40.2 Å². The van der Waals surface area contributed by atoms with Gasteiger partial charge in [-0.3, -0.25) is 42.9 Å². The third-order valence-electron chi connectivity index (χ3n) is 7.78. The molecule has 0 unspecified atom stereocenters. The predicted octanol–water partition coefficient (Wildman–Crippen LogP) is 2.82. The number of halogens is 8. The minimum absolute atomic E-state index is 0. The number of carbonyl (C=O) groups is 4. The van der Waals surface area contributed by atoms with Gasteiger partial charge in [-0.25, -0.2) is 18.8 Å². The van der Waals surface area contributed by atoms with Gasteiger partial charge in [-0.1, -0.05) is 7.43 Å². The van der Waals surface area contributed by atoms with Crippen molar-refractivity contribution in [3.05, 3.63) is 60.1 Å². The molecule has 0 radical (unpaired) electrons. The second-order valence-corrected chi connectivity index (χ2v) is 11.2. The van der Waals surface area contributed by atoms with E-state index < -0.39 is 72.1 Å². The zero-order valence-corrected chi connectivity index (χ0v) is 27.5. The van der Waals surface area contributed by atoms with Crippen LogP contribution in [0.5, 0.6) is 0 Å². The van der Waals surface area contributed by atoms with Gasteiger partial charge in [0.05, 0.1) is 5.92 Å². The first kappa shape index (κ1) is 44.1. The van der Waals surface area contributed by atoms with E-state index in [1.807, 2.05) is 0 Å². The molecule has 0 atom stereocenters. The van der Waals surface area contributed by atoms with Crippen LogP contribution in [-0.2, 0) is 46.5 Å². The number of piperidine rings is 1. The van der Waals surface area contributed by atoms with Crippen molar-refractivity contribution in [1.82, 2.24) is 33.3 Å². The molecule has 0 bridgehead atoms. The summed E-state index contributed by atoms with van der Waals surface area (Å²) in [5.41, 5.74) is -2.46. The minimum atomic E-state index is -4.69. The fourth-order valence-electron chi connectivity index (χ4n) is 4.84. The molecular weight excluding hydrogens is 710 g/mol. The van der Waals surface area contributed by atoms with Crippen molar-refractivity contribution in [2.45, 2.75) is 71.8 Å². The van der Waals surface area contributed by atoms with E-state index in [0.29, 0.717) is 19.8 Å². The van der Waals surface area contributed by atoms with Crippen molar-refractivity contribution in [2.24, 2.45) is 27.1 Å². The highest BCUT2D eigenvalue weighted by atomic mass is 19.4. The molecule has 1 aliphatic carbocycles. The molecule has 14 nitrogen and oxygen atoms in total. The van der Waals surface area contributed by atoms with Crippen molar-refractivity contribution in [3.8, 4) is 0 Å². The maximum absolute atomic E-state index is 12.2. The number of carbonyl (C=O) groups excluding carboxylic acids is 4. The molecule has 22 heteroatoms. The summed E-state index contributed by atoms with van der Waals surface area (Å²) in [6.45, 7) is -1.45. The van der Waals surface area contributed by atoms with Gasteiger partial charge in [0, 0.05) is 65.3 Å². The van der Waals surface area contributed by atoms with Gasteiger partial charge < -0.3 is 0 Å². The Kier molecular flexibility index (Phi) is 14.6. The minimum Gasteiger partial charge on any atom is -0.292 e. The summed E-state index contributed by atoms with van der Waals surface area (Å²) < 4.78 is 99.2. The van der Waals surface area contributed by atoms with Crippen LogP contribution in [0, 0.1) is 12.8 Å². The molecule has 51 heavy (non-hydrogen) atoms. The van der Waals surface area contributed by atoms with Crippen LogP contribution in [0.3, 0.4) is 0 Å². The molecule has 0 aromatic carbocycles. The third kappa shape index (κ3) is 10.3. The Labute approximate surface area is 284 Å². The van der Waals surface area contributed by atoms with Crippen LogP contribution in [0.4, 0.5) is 35.1 Å². The SMILES string of the molecule is C.CN1C(=O)C2=C(CCCC2)C1=O.CN1C(=O)CC(C(F)(F)F)CC1=O.Cc1nn(C)c(=O)n1C(F)F.Cn1c(C(F)(F)F)cc(=O)n(C)c1=O. The molecule has 4 heterocycles. The lowest BCUT2D eigenvalue weighted by Gasteiger charge is -2.28. The van der Waals surface area contributed by atoms with Crippen molar-refractivity contribution in [2.75, 3.05) is 14.1 Å². The largest absolute Gasteiger partial charge is 0.431 e. The van der Waals surface area contributed by atoms with Crippen molar-refractivity contribution < 1.29 is 54.3 Å². The third-order valence-corrected chi connectivity index (χ3v) is 7.78. The summed E-state index contributed by atoms with van der Waals surface area (Å²) in [6.07, 6.45) is -6.70. The van der Waals surface area contributed by atoms with Gasteiger partial charge in [0.1, 0.15) is 11.5 Å². The maximum atomic E-state index is 12.2. The van der Waals surface area contributed by atoms with Crippen molar-refractivity contribution >= 4 is 23.6 Å². The van der Waals surface area contributed by atoms with Crippen LogP contribution in [0.25, 0.3) is 0 Å². The standard InChI is InChI=1S/C9H11NO2.C7H7F3N2O2.C7H8F3NO2.C5H7F2N3O.CH4/c1-10-8(11)6-4-2-3-5-7(6)9(10)12;1-11-4(7(8,9)10)3-5(13)12(2)6(11)14;1-11-5(12)2-4(3-6(11)13)7(8,9)10;1-3-8-9(2)5(11)10(3)4(6)7;/h2-5H2,1H3;3H,1-2H3;4H,2-3H2,1H3;4H,1-2H3;1H4. The van der Waals surface area contributed by atoms with Crippen LogP contribution in [0.1, 0.15) is 64.0 Å². The molecule has 5 rings (SSSR count). The number of aromatic nitrogens is 5. The van der Waals surface area contributed by atoms with E-state index in [0.717, 1.165) is 60.5 Å². The fourth-order valence-corrected chi connectivity index (χ4v) is 4.84. The van der Waals surface area contributed by atoms with Crippen LogP contribution in [0.2, 0.25) is 0 Å². The first-order chi connectivity index (χ1) is 22.8. The predicted molar refractivity (Wildman–Crippen MR) is 162 cm³/mol. The van der Waals surface area contributed by atoms with E-state index in [9.17, 15) is 68.7 Å². The normalized spacial score (nSPS) is 16.5. The Hall–Kier alpha value is -4.92. The van der Waals surface area contributed by atoms with Gasteiger partial charge in [0.2, 0.25) is 11.8 Å². The fraction of sp³-hybridized carbons (Fsp3) is 0.586. The number of nitrogens with zero attached hydrogens (tertiary/aromatic N) is 7. The van der Waals surface area contributed by atoms with Crippen LogP contribution in [0.15, 0.2) is 31.6 Å². The molecule has 286 valence electrons. The number of alkyl halides is 8. The van der Waals surface area contributed by atoms with Gasteiger partial charge in [-0.05, 0) is 32.6 Å². The molecular formula is C29H37F8N7O7. The highest BCUT2D eigenvalue weighted by Gasteiger charge is 2.46. The summed E-state index contributed by atoms with van der Waals surface area (Å²) in [5.74, 6) is -3.46. The lowest BCUT2D eigenvalue weighted by Crippen LogP contribution is -2.44. The Morgan fingerprint density at radius 1 is 0.725 bits per heavy atom. The molecule has 1 fully saturated rings. The van der Waals surface area contributed by atoms with E-state index in [4.69, 9.17) is 0 Å². The zero-order chi connectivity index (χ0) is 38.6. The van der Waals surface area contributed by atoms with Crippen LogP contribution < -0.4 is 16.9 Å².